The number of hydrogen-bond acceptors (Lipinski definition) is 4. The van der Waals surface area contributed by atoms with Crippen molar-refractivity contribution in [2.75, 3.05) is 0 Å². The summed E-state index contributed by atoms with van der Waals surface area (Å²) < 4.78 is 50.9. The van der Waals surface area contributed by atoms with Crippen LogP contribution in [0.15, 0.2) is 0 Å². The quantitative estimate of drug-likeness (QED) is 0.547. The van der Waals surface area contributed by atoms with Crippen LogP contribution in [0, 0.1) is 0 Å². The van der Waals surface area contributed by atoms with Gasteiger partial charge in [-0.2, -0.15) is 8.42 Å². The zero-order valence-corrected chi connectivity index (χ0v) is 7.50. The first-order chi connectivity index (χ1) is 3.71. The molecule has 0 aromatic carbocycles. The van der Waals surface area contributed by atoms with Crippen LogP contribution in [0.4, 0.5) is 3.89 Å². The van der Waals surface area contributed by atoms with E-state index in [0.29, 0.717) is 0 Å². The Kier molecular flexibility index (Phi) is 2.79. The molecule has 9 heavy (non-hydrogen) atoms. The molecule has 0 bridgehead atoms. The van der Waals surface area contributed by atoms with Gasteiger partial charge in [0.25, 0.3) is 7.19 Å². The normalized spacial score (nSPS) is 13.6. The minimum absolute atomic E-state index is 0.723. The fourth-order valence-electron chi connectivity index (χ4n) is 0.119. The molecule has 5 nitrogen and oxygen atoms in total. The topological polar surface area (TPSA) is 80.3 Å². The molecule has 0 radical (unpaired) electrons. The summed E-state index contributed by atoms with van der Waals surface area (Å²) in [4.78, 5) is 0. The molecule has 0 atom stereocenters. The van der Waals surface area contributed by atoms with Gasteiger partial charge in [0.2, 0.25) is 0 Å². The summed E-state index contributed by atoms with van der Waals surface area (Å²) in [6.45, 7) is 0. The minimum atomic E-state index is -5.13. The van der Waals surface area contributed by atoms with Crippen LogP contribution in [-0.2, 0) is 17.6 Å². The number of nitrogens with one attached hydrogen (secondary N) is 1. The first kappa shape index (κ1) is 9.52. The van der Waals surface area contributed by atoms with E-state index >= 15 is 0 Å². The van der Waals surface area contributed by atoms with E-state index in [1.807, 2.05) is 0 Å². The van der Waals surface area contributed by atoms with E-state index in [2.05, 4.69) is 0 Å². The molecule has 1 N–H and O–H groups in total. The molecule has 0 amide bonds. The van der Waals surface area contributed by atoms with Crippen LogP contribution in [0.2, 0.25) is 0 Å². The zero-order valence-electron chi connectivity index (χ0n) is 3.71. The maximum absolute atomic E-state index is 11.4. The fourth-order valence-corrected chi connectivity index (χ4v) is 3.00. The van der Waals surface area contributed by atoms with Crippen LogP contribution >= 0.6 is 21.2 Å². The molecular formula is HFINO4S2. The average Bonchev–Trinajstić information content (AvgIpc) is 1.14. The average molecular weight is 289 g/mol. The Hall–Kier alpha value is 0.520. The van der Waals surface area contributed by atoms with Crippen molar-refractivity contribution in [2.24, 2.45) is 0 Å². The summed E-state index contributed by atoms with van der Waals surface area (Å²) in [5.74, 6) is 0. The van der Waals surface area contributed by atoms with E-state index in [4.69, 9.17) is 0 Å². The molecule has 0 saturated carbocycles. The molecule has 0 aromatic heterocycles. The molecule has 0 fully saturated rings. The molecule has 56 valence electrons. The van der Waals surface area contributed by atoms with Gasteiger partial charge >= 0.3 is 10.4 Å². The largest absolute Gasteiger partial charge is 0.386 e. The van der Waals surface area contributed by atoms with Crippen LogP contribution in [-0.4, -0.2) is 16.8 Å². The second-order valence-electron chi connectivity index (χ2n) is 0.959. The van der Waals surface area contributed by atoms with Gasteiger partial charge in [0, 0.05) is 0 Å². The summed E-state index contributed by atoms with van der Waals surface area (Å²) in [5, 5.41) is 0. The molecular weight excluding hydrogens is 288 g/mol. The van der Waals surface area contributed by atoms with Crippen molar-refractivity contribution in [3.63, 3.8) is 0 Å². The van der Waals surface area contributed by atoms with Crippen molar-refractivity contribution in [3.05, 3.63) is 0 Å². The number of hydrogen-bond donors (Lipinski definition) is 1. The predicted molar refractivity (Wildman–Crippen MR) is 36.1 cm³/mol. The molecule has 0 rings (SSSR count). The fraction of sp³-hybridized carbons (Fsp3) is 0. The summed E-state index contributed by atoms with van der Waals surface area (Å²) in [5.41, 5.74) is 0. The zero-order chi connectivity index (χ0) is 7.71. The van der Waals surface area contributed by atoms with E-state index in [1.54, 1.807) is 0 Å². The maximum atomic E-state index is 11.4. The van der Waals surface area contributed by atoms with Gasteiger partial charge in [0.05, 0.1) is 21.2 Å². The first-order valence-corrected chi connectivity index (χ1v) is 6.79. The maximum Gasteiger partial charge on any atom is 0.386 e. The molecule has 0 aliphatic heterocycles. The Bertz CT molecular complexity index is 244. The van der Waals surface area contributed by atoms with Crippen molar-refractivity contribution in [1.82, 2.24) is 4.13 Å². The van der Waals surface area contributed by atoms with Crippen LogP contribution in [0.25, 0.3) is 0 Å². The van der Waals surface area contributed by atoms with Crippen molar-refractivity contribution in [1.29, 1.82) is 0 Å². The van der Waals surface area contributed by atoms with E-state index in [9.17, 15) is 20.7 Å². The van der Waals surface area contributed by atoms with Crippen LogP contribution in [0.1, 0.15) is 0 Å². The Morgan fingerprint density at radius 2 is 1.56 bits per heavy atom. The van der Waals surface area contributed by atoms with Gasteiger partial charge in [-0.1, -0.05) is 8.01 Å². The Balaban J connectivity index is 4.46. The highest BCUT2D eigenvalue weighted by Gasteiger charge is 2.14. The molecule has 0 unspecified atom stereocenters. The van der Waals surface area contributed by atoms with E-state index < -0.39 is 17.6 Å². The summed E-state index contributed by atoms with van der Waals surface area (Å²) in [6, 6.07) is 0. The molecule has 0 saturated heterocycles. The number of halogens is 2. The second kappa shape index (κ2) is 2.64. The molecule has 0 aliphatic carbocycles. The van der Waals surface area contributed by atoms with Crippen molar-refractivity contribution in [3.8, 4) is 0 Å². The van der Waals surface area contributed by atoms with Crippen molar-refractivity contribution in [2.45, 2.75) is 0 Å². The molecule has 0 aliphatic rings. The van der Waals surface area contributed by atoms with Gasteiger partial charge in [0.15, 0.2) is 0 Å². The van der Waals surface area contributed by atoms with Gasteiger partial charge in [-0.25, -0.2) is 8.42 Å². The van der Waals surface area contributed by atoms with Crippen LogP contribution in [0.3, 0.4) is 0 Å². The lowest BCUT2D eigenvalue weighted by Crippen LogP contribution is -2.21. The third-order valence-electron chi connectivity index (χ3n) is 0.199. The molecule has 0 heterocycles. The monoisotopic (exact) mass is 289 g/mol. The summed E-state index contributed by atoms with van der Waals surface area (Å²) >= 11 is 0.744. The second-order valence-corrected chi connectivity index (χ2v) is 6.86. The highest BCUT2D eigenvalue weighted by molar-refractivity contribution is 14.2. The van der Waals surface area contributed by atoms with E-state index in [-0.39, 0.29) is 0 Å². The lowest BCUT2D eigenvalue weighted by atomic mass is 13.9. The van der Waals surface area contributed by atoms with Gasteiger partial charge < -0.3 is 0 Å². The lowest BCUT2D eigenvalue weighted by Gasteiger charge is -1.89. The minimum Gasteiger partial charge on any atom is -0.200 e. The third kappa shape index (κ3) is 8.52. The highest BCUT2D eigenvalue weighted by atomic mass is 127. The standard InChI is InChI=1S/FHINO4S2/c1-8(4,5)3-9(2,6)7/h3H. The Morgan fingerprint density at radius 3 is 1.56 bits per heavy atom. The van der Waals surface area contributed by atoms with E-state index in [0.717, 1.165) is 25.3 Å². The number of rotatable bonds is 2. The van der Waals surface area contributed by atoms with Gasteiger partial charge in [0.1, 0.15) is 0 Å². The predicted octanol–water partition coefficient (Wildman–Crippen LogP) is -0.530. The van der Waals surface area contributed by atoms with Gasteiger partial charge in [-0.15, -0.1) is 0 Å². The molecule has 9 heteroatoms. The summed E-state index contributed by atoms with van der Waals surface area (Å²) in [7, 11) is -9.15. The van der Waals surface area contributed by atoms with Gasteiger partial charge in [-0.05, 0) is 0 Å². The third-order valence-corrected chi connectivity index (χ3v) is 3.41. The van der Waals surface area contributed by atoms with Gasteiger partial charge in [-0.3, -0.25) is 0 Å². The van der Waals surface area contributed by atoms with E-state index in [1.165, 1.54) is 0 Å². The first-order valence-electron chi connectivity index (χ1n) is 1.38. The van der Waals surface area contributed by atoms with Crippen molar-refractivity contribution < 1.29 is 20.7 Å². The van der Waals surface area contributed by atoms with Crippen LogP contribution in [0.5, 0.6) is 0 Å². The van der Waals surface area contributed by atoms with Crippen molar-refractivity contribution >= 4 is 38.8 Å². The van der Waals surface area contributed by atoms with Crippen LogP contribution < -0.4 is 4.13 Å². The lowest BCUT2D eigenvalue weighted by molar-refractivity contribution is 0.545. The smallest absolute Gasteiger partial charge is 0.200 e. The molecule has 0 aromatic rings. The highest BCUT2D eigenvalue weighted by Crippen LogP contribution is 1.98. The Labute approximate surface area is 63.6 Å². The summed E-state index contributed by atoms with van der Waals surface area (Å²) in [6.07, 6.45) is 0. The SMILES string of the molecule is O=S(=O)(F)NS(=O)(=O)I. The molecule has 0 spiro atoms. The Morgan fingerprint density at radius 1 is 1.22 bits per heavy atom.